The third-order valence-electron chi connectivity index (χ3n) is 4.77. The zero-order valence-electron chi connectivity index (χ0n) is 15.0. The molecule has 0 aliphatic carbocycles. The number of fused-ring (bicyclic) bond motifs is 1. The summed E-state index contributed by atoms with van der Waals surface area (Å²) in [5.41, 5.74) is 0.325. The number of aryl methyl sites for hydroxylation is 2. The monoisotopic (exact) mass is 382 g/mol. The first-order valence-corrected chi connectivity index (χ1v) is 8.41. The van der Waals surface area contributed by atoms with Crippen molar-refractivity contribution in [2.75, 3.05) is 6.61 Å². The maximum atomic E-state index is 12.2. The second kappa shape index (κ2) is 7.10. The number of hydrogen-bond acceptors (Lipinski definition) is 9. The average Bonchev–Trinajstić information content (AvgIpc) is 2.62. The van der Waals surface area contributed by atoms with E-state index >= 15 is 0 Å². The van der Waals surface area contributed by atoms with Crippen molar-refractivity contribution < 1.29 is 39.4 Å². The molecule has 0 spiro atoms. The van der Waals surface area contributed by atoms with Crippen molar-refractivity contribution in [3.63, 3.8) is 0 Å². The molecule has 1 aliphatic rings. The average molecular weight is 382 g/mol. The molecule has 9 nitrogen and oxygen atoms in total. The van der Waals surface area contributed by atoms with Crippen molar-refractivity contribution in [3.8, 4) is 11.5 Å². The van der Waals surface area contributed by atoms with Gasteiger partial charge in [0.25, 0.3) is 0 Å². The zero-order valence-corrected chi connectivity index (χ0v) is 15.0. The number of benzene rings is 1. The van der Waals surface area contributed by atoms with Crippen LogP contribution in [0.25, 0.3) is 11.0 Å². The highest BCUT2D eigenvalue weighted by atomic mass is 16.7. The van der Waals surface area contributed by atoms with E-state index in [9.17, 15) is 30.3 Å². The maximum Gasteiger partial charge on any atom is 0.229 e. The lowest BCUT2D eigenvalue weighted by molar-refractivity contribution is -0.277. The van der Waals surface area contributed by atoms with E-state index in [0.29, 0.717) is 11.3 Å². The Bertz CT molecular complexity index is 917. The van der Waals surface area contributed by atoms with Gasteiger partial charge in [0.15, 0.2) is 5.43 Å². The number of ether oxygens (including phenoxy) is 2. The molecule has 1 aliphatic heterocycles. The van der Waals surface area contributed by atoms with Gasteiger partial charge in [-0.2, -0.15) is 0 Å². The number of phenolic OH excluding ortho intramolecular Hbond substituents is 1. The highest BCUT2D eigenvalue weighted by molar-refractivity contribution is 5.89. The van der Waals surface area contributed by atoms with Crippen LogP contribution in [0.2, 0.25) is 0 Å². The maximum absolute atomic E-state index is 12.2. The Hall–Kier alpha value is -2.17. The van der Waals surface area contributed by atoms with Crippen molar-refractivity contribution in [2.24, 2.45) is 0 Å². The first-order chi connectivity index (χ1) is 12.7. The van der Waals surface area contributed by atoms with Crippen LogP contribution in [-0.4, -0.2) is 62.8 Å². The number of hydrogen-bond donors (Lipinski definition) is 5. The van der Waals surface area contributed by atoms with E-state index in [0.717, 1.165) is 0 Å². The molecular formula is C18H22O9. The largest absolute Gasteiger partial charge is 0.507 e. The van der Waals surface area contributed by atoms with E-state index in [-0.39, 0.29) is 28.0 Å². The van der Waals surface area contributed by atoms with E-state index in [2.05, 4.69) is 0 Å². The van der Waals surface area contributed by atoms with Crippen LogP contribution in [0.4, 0.5) is 0 Å². The summed E-state index contributed by atoms with van der Waals surface area (Å²) < 4.78 is 16.6. The van der Waals surface area contributed by atoms with Gasteiger partial charge in [-0.15, -0.1) is 0 Å². The predicted molar refractivity (Wildman–Crippen MR) is 92.8 cm³/mol. The quantitative estimate of drug-likeness (QED) is 0.478. The van der Waals surface area contributed by atoms with E-state index in [4.69, 9.17) is 13.9 Å². The van der Waals surface area contributed by atoms with E-state index in [1.165, 1.54) is 13.0 Å². The molecule has 0 amide bonds. The second-order valence-corrected chi connectivity index (χ2v) is 6.67. The summed E-state index contributed by atoms with van der Waals surface area (Å²) in [4.78, 5) is 12.2. The summed E-state index contributed by atoms with van der Waals surface area (Å²) in [5.74, 6) is 0.111. The molecule has 27 heavy (non-hydrogen) atoms. The molecule has 0 saturated carbocycles. The van der Waals surface area contributed by atoms with E-state index < -0.39 is 42.7 Å². The van der Waals surface area contributed by atoms with Crippen molar-refractivity contribution in [1.29, 1.82) is 0 Å². The summed E-state index contributed by atoms with van der Waals surface area (Å²) in [6.07, 6.45) is -7.29. The predicted octanol–water partition coefficient (Wildman–Crippen LogP) is -0.397. The summed E-state index contributed by atoms with van der Waals surface area (Å²) in [6.45, 7) is 4.12. The van der Waals surface area contributed by atoms with Gasteiger partial charge in [-0.25, -0.2) is 0 Å². The van der Waals surface area contributed by atoms with Crippen molar-refractivity contribution in [3.05, 3.63) is 33.2 Å². The SMILES string of the molecule is Cc1cc(=O)c2c(O)c(C)c(O[C@@H]3O[C@H](CO)[C@@H](O)[C@H](O)[C@H]3O)c(C)c2o1. The minimum atomic E-state index is -1.61. The number of aliphatic hydroxyl groups is 4. The molecule has 9 heteroatoms. The zero-order chi connectivity index (χ0) is 20.0. The van der Waals surface area contributed by atoms with Crippen LogP contribution >= 0.6 is 0 Å². The van der Waals surface area contributed by atoms with Crippen LogP contribution in [-0.2, 0) is 4.74 Å². The van der Waals surface area contributed by atoms with Crippen LogP contribution in [0.1, 0.15) is 16.9 Å². The Morgan fingerprint density at radius 3 is 2.37 bits per heavy atom. The molecule has 5 N–H and O–H groups in total. The second-order valence-electron chi connectivity index (χ2n) is 6.67. The van der Waals surface area contributed by atoms with E-state index in [1.807, 2.05) is 0 Å². The van der Waals surface area contributed by atoms with Gasteiger partial charge in [0.05, 0.1) is 6.61 Å². The van der Waals surface area contributed by atoms with Crippen molar-refractivity contribution >= 4 is 11.0 Å². The fourth-order valence-electron chi connectivity index (χ4n) is 3.24. The van der Waals surface area contributed by atoms with Gasteiger partial charge in [-0.3, -0.25) is 4.79 Å². The lowest BCUT2D eigenvalue weighted by Crippen LogP contribution is -2.60. The number of aliphatic hydroxyl groups excluding tert-OH is 4. The smallest absolute Gasteiger partial charge is 0.229 e. The minimum absolute atomic E-state index is 0.0109. The summed E-state index contributed by atoms with van der Waals surface area (Å²) in [7, 11) is 0. The molecule has 0 radical (unpaired) electrons. The molecule has 1 aromatic carbocycles. The Morgan fingerprint density at radius 1 is 1.07 bits per heavy atom. The Labute approximate surface area is 154 Å². The van der Waals surface area contributed by atoms with Gasteiger partial charge in [0.2, 0.25) is 6.29 Å². The Kier molecular flexibility index (Phi) is 5.15. The van der Waals surface area contributed by atoms with Crippen LogP contribution < -0.4 is 10.2 Å². The van der Waals surface area contributed by atoms with Crippen LogP contribution in [0, 0.1) is 20.8 Å². The Morgan fingerprint density at radius 2 is 1.74 bits per heavy atom. The number of aromatic hydroxyl groups is 1. The van der Waals surface area contributed by atoms with Crippen molar-refractivity contribution in [1.82, 2.24) is 0 Å². The van der Waals surface area contributed by atoms with E-state index in [1.54, 1.807) is 13.8 Å². The van der Waals surface area contributed by atoms with Gasteiger partial charge < -0.3 is 39.4 Å². The Balaban J connectivity index is 2.08. The van der Waals surface area contributed by atoms with Crippen LogP contribution in [0.5, 0.6) is 11.5 Å². The summed E-state index contributed by atoms with van der Waals surface area (Å²) >= 11 is 0. The molecule has 0 bridgehead atoms. The van der Waals surface area contributed by atoms with Gasteiger partial charge in [-0.1, -0.05) is 0 Å². The van der Waals surface area contributed by atoms with Crippen molar-refractivity contribution in [2.45, 2.75) is 51.5 Å². The number of phenols is 1. The molecule has 1 fully saturated rings. The molecule has 3 rings (SSSR count). The van der Waals surface area contributed by atoms with Gasteiger partial charge in [0.1, 0.15) is 52.6 Å². The van der Waals surface area contributed by atoms with Crippen LogP contribution in [0.3, 0.4) is 0 Å². The highest BCUT2D eigenvalue weighted by Gasteiger charge is 2.45. The normalized spacial score (nSPS) is 28.5. The molecule has 0 unspecified atom stereocenters. The molecule has 2 heterocycles. The molecular weight excluding hydrogens is 360 g/mol. The fourth-order valence-corrected chi connectivity index (χ4v) is 3.24. The highest BCUT2D eigenvalue weighted by Crippen LogP contribution is 2.39. The molecule has 5 atom stereocenters. The topological polar surface area (TPSA) is 150 Å². The minimum Gasteiger partial charge on any atom is -0.507 e. The molecule has 1 saturated heterocycles. The third-order valence-corrected chi connectivity index (χ3v) is 4.77. The molecule has 2 aromatic rings. The van der Waals surface area contributed by atoms with Gasteiger partial charge in [0, 0.05) is 17.2 Å². The number of rotatable bonds is 3. The lowest BCUT2D eigenvalue weighted by Gasteiger charge is -2.39. The lowest BCUT2D eigenvalue weighted by atomic mass is 9.99. The molecule has 1 aromatic heterocycles. The summed E-state index contributed by atoms with van der Waals surface area (Å²) in [5, 5.41) is 49.7. The summed E-state index contributed by atoms with van der Waals surface area (Å²) in [6, 6.07) is 1.26. The first-order valence-electron chi connectivity index (χ1n) is 8.41. The van der Waals surface area contributed by atoms with Gasteiger partial charge >= 0.3 is 0 Å². The third kappa shape index (κ3) is 3.17. The fraction of sp³-hybridized carbons (Fsp3) is 0.500. The van der Waals surface area contributed by atoms with Crippen LogP contribution in [0.15, 0.2) is 15.3 Å². The van der Waals surface area contributed by atoms with Gasteiger partial charge in [-0.05, 0) is 20.8 Å². The molecule has 148 valence electrons. The standard InChI is InChI=1S/C18H22O9/c1-6-4-9(20)11-12(21)7(2)16(8(3)17(11)25-6)27-18-15(24)14(23)13(22)10(5-19)26-18/h4,10,13-15,18-19,21-24H,5H2,1-3H3/t10-,13-,14+,15-,18+/m1/s1. The first kappa shape index (κ1) is 19.6.